The van der Waals surface area contributed by atoms with Gasteiger partial charge in [-0.1, -0.05) is 63.2 Å². The fourth-order valence-electron chi connectivity index (χ4n) is 10.8. The first-order valence-electron chi connectivity index (χ1n) is 30.1. The van der Waals surface area contributed by atoms with Gasteiger partial charge in [-0.05, 0) is 167 Å². The minimum Gasteiger partial charge on any atom is -0.494 e. The van der Waals surface area contributed by atoms with Crippen LogP contribution in [0, 0.1) is 12.3 Å². The quantitative estimate of drug-likeness (QED) is 0.0290. The third-order valence-electron chi connectivity index (χ3n) is 15.8. The van der Waals surface area contributed by atoms with Crippen molar-refractivity contribution >= 4 is 40.9 Å². The summed E-state index contributed by atoms with van der Waals surface area (Å²) in [5, 5.41) is 22.8. The molecule has 0 unspecified atom stereocenters. The SMILES string of the molecule is CNCCN1CCC(c2cc(CN(C)C(=O)c3cccc(Oc4ccc(OCC(=O)NCCc5ccc(OCCCCCC(=O)N[C@H](C(=O)N6C[C@H](O)C[C@H]6C(=O)N[C@@H](C)c6ccc(-c7scnc7C)cc6)C(C)(C)C)cc5)cc4)c3)ccn2)CC1. The lowest BCUT2D eigenvalue weighted by atomic mass is 9.85. The maximum Gasteiger partial charge on any atom is 0.257 e. The number of hydrogen-bond donors (Lipinski definition) is 5. The number of aromatic nitrogens is 2. The molecule has 6 aromatic rings. The number of nitrogens with one attached hydrogen (secondary N) is 4. The molecule has 2 fully saturated rings. The summed E-state index contributed by atoms with van der Waals surface area (Å²) in [6, 6.07) is 31.8. The van der Waals surface area contributed by atoms with Gasteiger partial charge in [-0.2, -0.15) is 0 Å². The van der Waals surface area contributed by atoms with Crippen molar-refractivity contribution in [3.63, 3.8) is 0 Å². The van der Waals surface area contributed by atoms with Crippen molar-refractivity contribution in [3.05, 3.63) is 155 Å². The summed E-state index contributed by atoms with van der Waals surface area (Å²) in [4.78, 5) is 83.1. The van der Waals surface area contributed by atoms with E-state index >= 15 is 0 Å². The third-order valence-corrected chi connectivity index (χ3v) is 16.8. The molecule has 5 N–H and O–H groups in total. The number of carbonyl (C=O) groups is 5. The Labute approximate surface area is 510 Å². The van der Waals surface area contributed by atoms with Crippen LogP contribution in [0.4, 0.5) is 0 Å². The third kappa shape index (κ3) is 18.6. The van der Waals surface area contributed by atoms with E-state index in [0.29, 0.717) is 61.3 Å². The predicted octanol–water partition coefficient (Wildman–Crippen LogP) is 9.02. The number of hydrogen-bond acceptors (Lipinski definition) is 14. The molecule has 2 aliphatic heterocycles. The van der Waals surface area contributed by atoms with Gasteiger partial charge in [-0.25, -0.2) is 4.98 Å². The van der Waals surface area contributed by atoms with Crippen molar-refractivity contribution in [1.29, 1.82) is 0 Å². The van der Waals surface area contributed by atoms with Gasteiger partial charge >= 0.3 is 0 Å². The smallest absolute Gasteiger partial charge is 0.257 e. The molecule has 0 aliphatic carbocycles. The number of benzene rings is 4. The lowest BCUT2D eigenvalue weighted by Crippen LogP contribution is -2.57. The highest BCUT2D eigenvalue weighted by atomic mass is 32.1. The molecule has 0 saturated carbocycles. The molecule has 2 aliphatic rings. The van der Waals surface area contributed by atoms with Crippen LogP contribution in [0.3, 0.4) is 0 Å². The summed E-state index contributed by atoms with van der Waals surface area (Å²) in [6.45, 7) is 14.9. The molecule has 458 valence electrons. The fourth-order valence-corrected chi connectivity index (χ4v) is 11.7. The van der Waals surface area contributed by atoms with Gasteiger partial charge in [0.05, 0.1) is 34.8 Å². The minimum absolute atomic E-state index is 0.00190. The van der Waals surface area contributed by atoms with Crippen LogP contribution in [0.15, 0.2) is 121 Å². The van der Waals surface area contributed by atoms with Crippen LogP contribution in [-0.2, 0) is 32.1 Å². The zero-order chi connectivity index (χ0) is 61.2. The number of amides is 5. The molecule has 5 amide bonds. The highest BCUT2D eigenvalue weighted by molar-refractivity contribution is 7.13. The van der Waals surface area contributed by atoms with Gasteiger partial charge in [0.1, 0.15) is 35.1 Å². The summed E-state index contributed by atoms with van der Waals surface area (Å²) in [5.41, 5.74) is 7.77. The van der Waals surface area contributed by atoms with Gasteiger partial charge < -0.3 is 55.3 Å². The number of likely N-dealkylation sites (N-methyl/N-ethyl adjacent to an activating group) is 1. The van der Waals surface area contributed by atoms with E-state index in [2.05, 4.69) is 37.2 Å². The average molecular weight is 1190 g/mol. The molecule has 19 heteroatoms. The van der Waals surface area contributed by atoms with Crippen molar-refractivity contribution < 1.29 is 43.3 Å². The van der Waals surface area contributed by atoms with Crippen molar-refractivity contribution in [2.24, 2.45) is 5.41 Å². The van der Waals surface area contributed by atoms with Gasteiger partial charge in [0.25, 0.3) is 11.8 Å². The van der Waals surface area contributed by atoms with Crippen molar-refractivity contribution in [3.8, 4) is 33.4 Å². The molecule has 4 aromatic carbocycles. The Balaban J connectivity index is 0.682. The van der Waals surface area contributed by atoms with Crippen LogP contribution in [0.2, 0.25) is 0 Å². The van der Waals surface area contributed by atoms with Gasteiger partial charge in [0.2, 0.25) is 17.7 Å². The van der Waals surface area contributed by atoms with E-state index in [-0.39, 0.29) is 55.7 Å². The lowest BCUT2D eigenvalue weighted by Gasteiger charge is -2.35. The number of piperidine rings is 1. The van der Waals surface area contributed by atoms with Crippen LogP contribution in [0.5, 0.6) is 23.0 Å². The topological polar surface area (TPSA) is 217 Å². The number of aliphatic hydroxyl groups is 1. The van der Waals surface area contributed by atoms with Crippen molar-refractivity contribution in [1.82, 2.24) is 45.9 Å². The molecule has 4 heterocycles. The predicted molar refractivity (Wildman–Crippen MR) is 334 cm³/mol. The Hall–Kier alpha value is -7.71. The maximum atomic E-state index is 14.1. The number of aliphatic hydroxyl groups excluding tert-OH is 1. The van der Waals surface area contributed by atoms with E-state index in [1.165, 1.54) is 4.90 Å². The van der Waals surface area contributed by atoms with Gasteiger partial charge in [0.15, 0.2) is 6.61 Å². The number of rotatable bonds is 28. The van der Waals surface area contributed by atoms with E-state index in [1.54, 1.807) is 71.8 Å². The van der Waals surface area contributed by atoms with Crippen LogP contribution < -0.4 is 35.5 Å². The summed E-state index contributed by atoms with van der Waals surface area (Å²) >= 11 is 1.58. The second kappa shape index (κ2) is 31.1. The number of aryl methyl sites for hydroxylation is 1. The highest BCUT2D eigenvalue weighted by Crippen LogP contribution is 2.32. The maximum absolute atomic E-state index is 14.1. The standard InChI is InChI=1S/C67H85N9O9S/c1-45(49-17-19-51(20-18-49)62-46(2)71-44-86-62)72-64(80)59-40-53(77)42-76(59)66(82)63(67(3,4)5)73-60(78)14-9-8-10-37-83-54-21-15-47(16-22-54)27-32-70-61(79)43-84-55-23-25-56(26-24-55)85-57-13-11-12-52(39-57)65(81)74(7)41-48-28-31-69-58(38-48)50-29-34-75(35-30-50)36-33-68-6/h11-13,15-26,28,31,38-39,44-45,50,53,59,63,68,77H,8-10,14,27,29-30,32-37,40-43H2,1-7H3,(H,70,79)(H,72,80)(H,73,78)/t45-,53+,59-,63+/m0/s1. The van der Waals surface area contributed by atoms with Gasteiger partial charge in [-0.15, -0.1) is 11.3 Å². The Bertz CT molecular complexity index is 3180. The summed E-state index contributed by atoms with van der Waals surface area (Å²) in [7, 11) is 3.79. The van der Waals surface area contributed by atoms with Crippen molar-refractivity contribution in [2.45, 2.75) is 123 Å². The lowest BCUT2D eigenvalue weighted by molar-refractivity contribution is -0.144. The number of nitrogens with zero attached hydrogens (tertiary/aromatic N) is 5. The molecule has 2 aromatic heterocycles. The van der Waals surface area contributed by atoms with E-state index in [4.69, 9.17) is 19.2 Å². The van der Waals surface area contributed by atoms with Crippen LogP contribution in [0.25, 0.3) is 10.4 Å². The van der Waals surface area contributed by atoms with E-state index in [1.807, 2.05) is 108 Å². The molecular formula is C67H85N9O9S. The first-order chi connectivity index (χ1) is 41.4. The molecule has 0 spiro atoms. The number of unbranched alkanes of at least 4 members (excludes halogenated alkanes) is 2. The van der Waals surface area contributed by atoms with Crippen LogP contribution in [-0.4, -0.2) is 144 Å². The summed E-state index contributed by atoms with van der Waals surface area (Å²) in [6.07, 6.45) is 6.15. The Morgan fingerprint density at radius 1 is 0.802 bits per heavy atom. The molecule has 2 saturated heterocycles. The first-order valence-corrected chi connectivity index (χ1v) is 30.9. The summed E-state index contributed by atoms with van der Waals surface area (Å²) < 4.78 is 17.8. The number of likely N-dealkylation sites (tertiary alicyclic amines) is 2. The number of pyridine rings is 1. The first kappa shape index (κ1) is 64.3. The van der Waals surface area contributed by atoms with E-state index < -0.39 is 29.5 Å². The average Bonchev–Trinajstić information content (AvgIpc) is 4.11. The van der Waals surface area contributed by atoms with Gasteiger partial charge in [0, 0.05) is 76.0 Å². The van der Waals surface area contributed by atoms with Crippen molar-refractivity contribution in [2.75, 3.05) is 66.6 Å². The molecule has 18 nitrogen and oxygen atoms in total. The molecule has 8 rings (SSSR count). The Morgan fingerprint density at radius 3 is 2.23 bits per heavy atom. The molecule has 0 radical (unpaired) electrons. The molecule has 86 heavy (non-hydrogen) atoms. The van der Waals surface area contributed by atoms with E-state index in [9.17, 15) is 29.1 Å². The zero-order valence-electron chi connectivity index (χ0n) is 50.8. The van der Waals surface area contributed by atoms with Crippen LogP contribution >= 0.6 is 11.3 Å². The Kier molecular flexibility index (Phi) is 23.2. The second-order valence-electron chi connectivity index (χ2n) is 23.6. The fraction of sp³-hybridized carbons (Fsp3) is 0.448. The molecule has 4 atom stereocenters. The number of ether oxygens (including phenoxy) is 3. The number of thiazole rings is 1. The molecular weight excluding hydrogens is 1110 g/mol. The number of carbonyl (C=O) groups excluding carboxylic acids is 5. The highest BCUT2D eigenvalue weighted by Gasteiger charge is 2.44. The largest absolute Gasteiger partial charge is 0.494 e. The molecule has 0 bridgehead atoms. The van der Waals surface area contributed by atoms with E-state index in [0.717, 1.165) is 96.1 Å². The second-order valence-corrected chi connectivity index (χ2v) is 24.5. The minimum atomic E-state index is -0.901. The monoisotopic (exact) mass is 1190 g/mol. The van der Waals surface area contributed by atoms with Gasteiger partial charge in [-0.3, -0.25) is 29.0 Å². The normalized spacial score (nSPS) is 16.2. The van der Waals surface area contributed by atoms with Crippen LogP contribution in [0.1, 0.15) is 123 Å². The zero-order valence-corrected chi connectivity index (χ0v) is 51.6. The summed E-state index contributed by atoms with van der Waals surface area (Å²) in [5.74, 6) is 1.37. The number of β-amino-alcohol motifs (C(OH)–C–C–N with tert-alkyl or cyclic N) is 1. The Morgan fingerprint density at radius 2 is 1.52 bits per heavy atom.